The Kier molecular flexibility index (Phi) is 6.55. The number of aliphatic hydroxyl groups excluding tert-OH is 2. The fraction of sp³-hybridized carbons (Fsp3) is 0.750. The van der Waals surface area contributed by atoms with Crippen LogP contribution < -0.4 is 0 Å². The van der Waals surface area contributed by atoms with Gasteiger partial charge in [0.15, 0.2) is 0 Å². The summed E-state index contributed by atoms with van der Waals surface area (Å²) in [5, 5.41) is 17.3. The molecule has 2 heteroatoms. The van der Waals surface area contributed by atoms with Crippen molar-refractivity contribution in [1.29, 1.82) is 0 Å². The van der Waals surface area contributed by atoms with Crippen molar-refractivity contribution >= 4 is 0 Å². The van der Waals surface area contributed by atoms with Crippen molar-refractivity contribution in [3.63, 3.8) is 0 Å². The summed E-state index contributed by atoms with van der Waals surface area (Å²) in [6.45, 7) is 1.96. The van der Waals surface area contributed by atoms with Crippen molar-refractivity contribution in [2.45, 2.75) is 32.3 Å². The average Bonchev–Trinajstić information content (AvgIpc) is 1.98. The molecule has 0 aliphatic rings. The second-order valence-electron chi connectivity index (χ2n) is 2.33. The largest absolute Gasteiger partial charge is 0.394 e. The van der Waals surface area contributed by atoms with Crippen molar-refractivity contribution in [2.75, 3.05) is 6.61 Å². The molecule has 10 heavy (non-hydrogen) atoms. The van der Waals surface area contributed by atoms with E-state index >= 15 is 0 Å². The summed E-state index contributed by atoms with van der Waals surface area (Å²) >= 11 is 0. The molecule has 2 nitrogen and oxygen atoms in total. The predicted octanol–water partition coefficient (Wildman–Crippen LogP) is 1.09. The van der Waals surface area contributed by atoms with E-state index in [1.54, 1.807) is 0 Å². The summed E-state index contributed by atoms with van der Waals surface area (Å²) < 4.78 is 0. The molecule has 1 unspecified atom stereocenters. The summed E-state index contributed by atoms with van der Waals surface area (Å²) in [6.07, 6.45) is 6.11. The topological polar surface area (TPSA) is 40.5 Å². The molecule has 0 aliphatic carbocycles. The van der Waals surface area contributed by atoms with E-state index in [0.717, 1.165) is 12.8 Å². The second-order valence-corrected chi connectivity index (χ2v) is 2.33. The maximum absolute atomic E-state index is 8.86. The number of rotatable bonds is 5. The molecule has 0 amide bonds. The normalized spacial score (nSPS) is 14.3. The number of hydrogen-bond acceptors (Lipinski definition) is 2. The van der Waals surface area contributed by atoms with E-state index in [2.05, 4.69) is 6.92 Å². The van der Waals surface area contributed by atoms with Gasteiger partial charge in [-0.2, -0.15) is 0 Å². The Balaban J connectivity index is 3.16. The fourth-order valence-electron chi connectivity index (χ4n) is 0.612. The van der Waals surface area contributed by atoms with Crippen LogP contribution in [0.15, 0.2) is 12.2 Å². The van der Waals surface area contributed by atoms with Crippen molar-refractivity contribution in [2.24, 2.45) is 0 Å². The van der Waals surface area contributed by atoms with Gasteiger partial charge in [-0.3, -0.25) is 0 Å². The monoisotopic (exact) mass is 144 g/mol. The van der Waals surface area contributed by atoms with E-state index in [4.69, 9.17) is 10.2 Å². The third-order valence-corrected chi connectivity index (χ3v) is 1.24. The van der Waals surface area contributed by atoms with Crippen LogP contribution in [0.2, 0.25) is 0 Å². The van der Waals surface area contributed by atoms with Gasteiger partial charge < -0.3 is 10.2 Å². The molecule has 1 atom stereocenters. The average molecular weight is 144 g/mol. The van der Waals surface area contributed by atoms with Crippen LogP contribution >= 0.6 is 0 Å². The molecular formula is C8H16O2. The Morgan fingerprint density at radius 1 is 1.40 bits per heavy atom. The molecule has 0 saturated heterocycles. The first-order valence-corrected chi connectivity index (χ1v) is 3.75. The minimum atomic E-state index is -0.576. The Morgan fingerprint density at radius 3 is 2.60 bits per heavy atom. The highest BCUT2D eigenvalue weighted by Crippen LogP contribution is 1.94. The lowest BCUT2D eigenvalue weighted by molar-refractivity contribution is 0.0975. The van der Waals surface area contributed by atoms with Crippen molar-refractivity contribution in [3.8, 4) is 0 Å². The summed E-state index contributed by atoms with van der Waals surface area (Å²) in [4.78, 5) is 0. The minimum Gasteiger partial charge on any atom is -0.394 e. The van der Waals surface area contributed by atoms with Crippen LogP contribution in [-0.4, -0.2) is 22.9 Å². The van der Waals surface area contributed by atoms with Crippen LogP contribution in [0.4, 0.5) is 0 Å². The highest BCUT2D eigenvalue weighted by Gasteiger charge is 1.95. The van der Waals surface area contributed by atoms with Crippen LogP contribution in [0.3, 0.4) is 0 Å². The van der Waals surface area contributed by atoms with Crippen LogP contribution in [0.5, 0.6) is 0 Å². The smallest absolute Gasteiger partial charge is 0.0805 e. The molecule has 0 fully saturated rings. The molecule has 0 bridgehead atoms. The summed E-state index contributed by atoms with van der Waals surface area (Å²) in [5.74, 6) is 0. The minimum absolute atomic E-state index is 0.142. The Morgan fingerprint density at radius 2 is 2.10 bits per heavy atom. The van der Waals surface area contributed by atoms with Gasteiger partial charge in [-0.25, -0.2) is 0 Å². The van der Waals surface area contributed by atoms with E-state index in [9.17, 15) is 0 Å². The standard InChI is InChI=1S/C8H16O2/c1-2-3-4-5-6-8(10)7-9/h4-5,8-10H,2-3,6-7H2,1H3. The summed E-state index contributed by atoms with van der Waals surface area (Å²) in [7, 11) is 0. The van der Waals surface area contributed by atoms with E-state index in [-0.39, 0.29) is 6.61 Å². The van der Waals surface area contributed by atoms with Gasteiger partial charge >= 0.3 is 0 Å². The SMILES string of the molecule is CCCC=CCC(O)CO. The Hall–Kier alpha value is -0.340. The summed E-state index contributed by atoms with van der Waals surface area (Å²) in [6, 6.07) is 0. The number of unbranched alkanes of at least 4 members (excludes halogenated alkanes) is 1. The molecule has 0 spiro atoms. The zero-order valence-corrected chi connectivity index (χ0v) is 6.45. The van der Waals surface area contributed by atoms with E-state index in [0.29, 0.717) is 6.42 Å². The molecule has 0 aromatic carbocycles. The van der Waals surface area contributed by atoms with E-state index in [1.807, 2.05) is 12.2 Å². The molecule has 60 valence electrons. The predicted molar refractivity (Wildman–Crippen MR) is 41.8 cm³/mol. The van der Waals surface area contributed by atoms with Gasteiger partial charge in [0.1, 0.15) is 0 Å². The lowest BCUT2D eigenvalue weighted by atomic mass is 10.2. The lowest BCUT2D eigenvalue weighted by Crippen LogP contribution is -2.09. The van der Waals surface area contributed by atoms with Crippen molar-refractivity contribution < 1.29 is 10.2 Å². The first-order chi connectivity index (χ1) is 4.81. The number of hydrogen-bond donors (Lipinski definition) is 2. The molecule has 0 aliphatic heterocycles. The van der Waals surface area contributed by atoms with Crippen LogP contribution in [0, 0.1) is 0 Å². The third-order valence-electron chi connectivity index (χ3n) is 1.24. The van der Waals surface area contributed by atoms with Gasteiger partial charge in [0.2, 0.25) is 0 Å². The maximum atomic E-state index is 8.86. The zero-order valence-electron chi connectivity index (χ0n) is 6.45. The molecule has 0 aromatic heterocycles. The van der Waals surface area contributed by atoms with Crippen LogP contribution in [0.25, 0.3) is 0 Å². The van der Waals surface area contributed by atoms with Gasteiger partial charge in [0.05, 0.1) is 12.7 Å². The van der Waals surface area contributed by atoms with Gasteiger partial charge in [0.25, 0.3) is 0 Å². The number of aliphatic hydroxyl groups is 2. The Labute approximate surface area is 62.2 Å². The molecule has 0 aromatic rings. The maximum Gasteiger partial charge on any atom is 0.0805 e. The molecule has 0 rings (SSSR count). The Bertz CT molecular complexity index is 89.3. The lowest BCUT2D eigenvalue weighted by Gasteiger charge is -2.00. The van der Waals surface area contributed by atoms with Crippen molar-refractivity contribution in [1.82, 2.24) is 0 Å². The van der Waals surface area contributed by atoms with Crippen LogP contribution in [0.1, 0.15) is 26.2 Å². The fourth-order valence-corrected chi connectivity index (χ4v) is 0.612. The third kappa shape index (κ3) is 5.79. The molecule has 2 N–H and O–H groups in total. The number of allylic oxidation sites excluding steroid dienone is 1. The quantitative estimate of drug-likeness (QED) is 0.567. The molecule has 0 saturated carbocycles. The highest BCUT2D eigenvalue weighted by atomic mass is 16.3. The molecule has 0 heterocycles. The van der Waals surface area contributed by atoms with Gasteiger partial charge in [0, 0.05) is 0 Å². The van der Waals surface area contributed by atoms with Gasteiger partial charge in [-0.05, 0) is 12.8 Å². The van der Waals surface area contributed by atoms with E-state index < -0.39 is 6.10 Å². The van der Waals surface area contributed by atoms with Gasteiger partial charge in [-0.15, -0.1) is 0 Å². The second kappa shape index (κ2) is 6.78. The first-order valence-electron chi connectivity index (χ1n) is 3.75. The first kappa shape index (κ1) is 9.66. The molecular weight excluding hydrogens is 128 g/mol. The highest BCUT2D eigenvalue weighted by molar-refractivity contribution is 4.83. The van der Waals surface area contributed by atoms with Crippen LogP contribution in [-0.2, 0) is 0 Å². The van der Waals surface area contributed by atoms with Gasteiger partial charge in [-0.1, -0.05) is 25.5 Å². The molecule has 0 radical (unpaired) electrons. The summed E-state index contributed by atoms with van der Waals surface area (Å²) in [5.41, 5.74) is 0. The van der Waals surface area contributed by atoms with Crippen molar-refractivity contribution in [3.05, 3.63) is 12.2 Å². The van der Waals surface area contributed by atoms with E-state index in [1.165, 1.54) is 0 Å². The zero-order chi connectivity index (χ0) is 7.82.